The number of anilines is 1. The fourth-order valence-corrected chi connectivity index (χ4v) is 1.29. The lowest BCUT2D eigenvalue weighted by molar-refractivity contribution is -0.138. The van der Waals surface area contributed by atoms with Crippen molar-refractivity contribution >= 4 is 17.7 Å². The third-order valence-corrected chi connectivity index (χ3v) is 2.14. The predicted molar refractivity (Wildman–Crippen MR) is 72.1 cm³/mol. The molecule has 4 N–H and O–H groups in total. The molecule has 0 unspecified atom stereocenters. The van der Waals surface area contributed by atoms with Gasteiger partial charge in [0.25, 0.3) is 0 Å². The Hall–Kier alpha value is -3.01. The summed E-state index contributed by atoms with van der Waals surface area (Å²) >= 11 is 0. The van der Waals surface area contributed by atoms with Gasteiger partial charge >= 0.3 is 12.0 Å². The van der Waals surface area contributed by atoms with E-state index in [1.54, 1.807) is 43.3 Å². The molecule has 7 heteroatoms. The molecule has 1 rings (SSSR count). The number of nitrogens with one attached hydrogen (secondary N) is 2. The van der Waals surface area contributed by atoms with E-state index < -0.39 is 17.6 Å². The Morgan fingerprint density at radius 3 is 2.55 bits per heavy atom. The van der Waals surface area contributed by atoms with Crippen molar-refractivity contribution in [3.8, 4) is 6.07 Å². The monoisotopic (exact) mass is 274 g/mol. The number of esters is 1. The Morgan fingerprint density at radius 1 is 1.35 bits per heavy atom. The summed E-state index contributed by atoms with van der Waals surface area (Å²) in [7, 11) is 0. The summed E-state index contributed by atoms with van der Waals surface area (Å²) in [6.07, 6.45) is 0. The van der Waals surface area contributed by atoms with Gasteiger partial charge in [0, 0.05) is 5.69 Å². The fraction of sp³-hybridized carbons (Fsp3) is 0.154. The number of carbonyl (C=O) groups excluding carboxylic acids is 2. The summed E-state index contributed by atoms with van der Waals surface area (Å²) in [5.41, 5.74) is 5.60. The third kappa shape index (κ3) is 4.34. The van der Waals surface area contributed by atoms with E-state index in [-0.39, 0.29) is 12.4 Å². The summed E-state index contributed by atoms with van der Waals surface area (Å²) < 4.78 is 4.64. The molecule has 0 aliphatic rings. The topological polar surface area (TPSA) is 117 Å². The highest BCUT2D eigenvalue weighted by Crippen LogP contribution is 2.05. The van der Waals surface area contributed by atoms with Crippen LogP contribution in [-0.2, 0) is 9.53 Å². The van der Waals surface area contributed by atoms with Crippen molar-refractivity contribution in [3.63, 3.8) is 0 Å². The van der Waals surface area contributed by atoms with Gasteiger partial charge in [0.1, 0.15) is 11.9 Å². The van der Waals surface area contributed by atoms with Crippen LogP contribution in [-0.4, -0.2) is 18.6 Å². The molecule has 0 spiro atoms. The van der Waals surface area contributed by atoms with E-state index in [1.165, 1.54) is 0 Å². The van der Waals surface area contributed by atoms with Crippen LogP contribution in [0.25, 0.3) is 0 Å². The zero-order valence-corrected chi connectivity index (χ0v) is 10.8. The summed E-state index contributed by atoms with van der Waals surface area (Å²) in [5, 5.41) is 13.5. The second-order valence-electron chi connectivity index (χ2n) is 3.57. The molecule has 0 saturated carbocycles. The molecule has 0 aliphatic heterocycles. The molecular formula is C13H14N4O3. The van der Waals surface area contributed by atoms with E-state index >= 15 is 0 Å². The second kappa shape index (κ2) is 7.43. The summed E-state index contributed by atoms with van der Waals surface area (Å²) in [5.74, 6) is -1.24. The standard InChI is InChI=1S/C13H14N4O3/c1-2-20-12(18)10(8-14)11(15)17-13(19)16-9-6-4-3-5-7-9/h3-7H,2,15H2,1H3,(H2,16,17,19)/b11-10-. The number of nitriles is 1. The van der Waals surface area contributed by atoms with Crippen molar-refractivity contribution < 1.29 is 14.3 Å². The first-order valence-corrected chi connectivity index (χ1v) is 5.78. The Balaban J connectivity index is 2.73. The van der Waals surface area contributed by atoms with Crippen molar-refractivity contribution in [2.24, 2.45) is 5.73 Å². The van der Waals surface area contributed by atoms with Crippen LogP contribution in [0.4, 0.5) is 10.5 Å². The van der Waals surface area contributed by atoms with Crippen molar-refractivity contribution in [2.45, 2.75) is 6.92 Å². The van der Waals surface area contributed by atoms with Gasteiger partial charge in [0.05, 0.1) is 6.61 Å². The highest BCUT2D eigenvalue weighted by Gasteiger charge is 2.16. The van der Waals surface area contributed by atoms with Crippen LogP contribution in [0.5, 0.6) is 0 Å². The lowest BCUT2D eigenvalue weighted by Crippen LogP contribution is -2.34. The van der Waals surface area contributed by atoms with Gasteiger partial charge in [-0.3, -0.25) is 5.32 Å². The van der Waals surface area contributed by atoms with Crippen molar-refractivity contribution in [1.29, 1.82) is 5.26 Å². The molecule has 104 valence electrons. The van der Waals surface area contributed by atoms with E-state index in [0.717, 1.165) is 0 Å². The Bertz CT molecular complexity index is 561. The predicted octanol–water partition coefficient (Wildman–Crippen LogP) is 1.07. The molecule has 1 aromatic carbocycles. The maximum Gasteiger partial charge on any atom is 0.352 e. The Kier molecular flexibility index (Phi) is 5.59. The fourth-order valence-electron chi connectivity index (χ4n) is 1.29. The van der Waals surface area contributed by atoms with Crippen molar-refractivity contribution in [3.05, 3.63) is 41.7 Å². The lowest BCUT2D eigenvalue weighted by atomic mass is 10.3. The highest BCUT2D eigenvalue weighted by atomic mass is 16.5. The first kappa shape index (κ1) is 15.0. The van der Waals surface area contributed by atoms with Gasteiger partial charge in [-0.2, -0.15) is 5.26 Å². The summed E-state index contributed by atoms with van der Waals surface area (Å²) in [4.78, 5) is 23.0. The number of nitrogens with two attached hydrogens (primary N) is 1. The zero-order valence-electron chi connectivity index (χ0n) is 10.8. The van der Waals surface area contributed by atoms with Gasteiger partial charge in [-0.15, -0.1) is 0 Å². The van der Waals surface area contributed by atoms with E-state index in [0.29, 0.717) is 5.69 Å². The number of carbonyl (C=O) groups is 2. The third-order valence-electron chi connectivity index (χ3n) is 2.14. The normalized spacial score (nSPS) is 10.8. The number of para-hydroxylation sites is 1. The van der Waals surface area contributed by atoms with E-state index in [9.17, 15) is 9.59 Å². The quantitative estimate of drug-likeness (QED) is 0.431. The van der Waals surface area contributed by atoms with Crippen LogP contribution in [0.1, 0.15) is 6.92 Å². The van der Waals surface area contributed by atoms with Gasteiger partial charge in [-0.05, 0) is 19.1 Å². The Labute approximate surface area is 116 Å². The first-order chi connectivity index (χ1) is 9.58. The number of rotatable bonds is 4. The minimum Gasteiger partial charge on any atom is -0.462 e. The first-order valence-electron chi connectivity index (χ1n) is 5.78. The van der Waals surface area contributed by atoms with Crippen LogP contribution < -0.4 is 16.4 Å². The maximum atomic E-state index is 11.6. The average molecular weight is 274 g/mol. The maximum absolute atomic E-state index is 11.6. The second-order valence-corrected chi connectivity index (χ2v) is 3.57. The SMILES string of the molecule is CCOC(=O)/C(C#N)=C(/N)NC(=O)Nc1ccccc1. The minimum absolute atomic E-state index is 0.105. The van der Waals surface area contributed by atoms with Crippen molar-refractivity contribution in [1.82, 2.24) is 5.32 Å². The van der Waals surface area contributed by atoms with Gasteiger partial charge in [0.2, 0.25) is 0 Å². The smallest absolute Gasteiger partial charge is 0.352 e. The van der Waals surface area contributed by atoms with Crippen molar-refractivity contribution in [2.75, 3.05) is 11.9 Å². The molecule has 0 aromatic heterocycles. The van der Waals surface area contributed by atoms with E-state index in [1.807, 2.05) is 0 Å². The van der Waals surface area contributed by atoms with E-state index in [4.69, 9.17) is 11.0 Å². The molecular weight excluding hydrogens is 260 g/mol. The number of hydrogen-bond donors (Lipinski definition) is 3. The number of nitrogens with zero attached hydrogens (tertiary/aromatic N) is 1. The number of ether oxygens (including phenoxy) is 1. The lowest BCUT2D eigenvalue weighted by Gasteiger charge is -2.09. The van der Waals surface area contributed by atoms with Gasteiger partial charge in [-0.1, -0.05) is 18.2 Å². The number of benzene rings is 1. The van der Waals surface area contributed by atoms with Crippen LogP contribution in [0, 0.1) is 11.3 Å². The summed E-state index contributed by atoms with van der Waals surface area (Å²) in [6, 6.07) is 9.57. The minimum atomic E-state index is -0.882. The van der Waals surface area contributed by atoms with Gasteiger partial charge in [-0.25, -0.2) is 9.59 Å². The molecule has 0 aliphatic carbocycles. The molecule has 2 amide bonds. The number of urea groups is 1. The summed E-state index contributed by atoms with van der Waals surface area (Å²) in [6.45, 7) is 1.70. The number of hydrogen-bond acceptors (Lipinski definition) is 5. The molecule has 1 aromatic rings. The highest BCUT2D eigenvalue weighted by molar-refractivity contribution is 5.96. The molecule has 7 nitrogen and oxygen atoms in total. The average Bonchev–Trinajstić information content (AvgIpc) is 2.40. The molecule has 20 heavy (non-hydrogen) atoms. The zero-order chi connectivity index (χ0) is 15.0. The van der Waals surface area contributed by atoms with Crippen LogP contribution in [0.3, 0.4) is 0 Å². The van der Waals surface area contributed by atoms with Crippen LogP contribution >= 0.6 is 0 Å². The Morgan fingerprint density at radius 2 is 2.00 bits per heavy atom. The molecule has 0 radical (unpaired) electrons. The van der Waals surface area contributed by atoms with Gasteiger partial charge in [0.15, 0.2) is 5.57 Å². The number of amides is 2. The van der Waals surface area contributed by atoms with Crippen LogP contribution in [0.2, 0.25) is 0 Å². The molecule has 0 atom stereocenters. The molecule has 0 saturated heterocycles. The van der Waals surface area contributed by atoms with Crippen LogP contribution in [0.15, 0.2) is 41.7 Å². The molecule has 0 fully saturated rings. The van der Waals surface area contributed by atoms with E-state index in [2.05, 4.69) is 15.4 Å². The largest absolute Gasteiger partial charge is 0.462 e. The molecule has 0 bridgehead atoms. The van der Waals surface area contributed by atoms with Gasteiger partial charge < -0.3 is 15.8 Å². The molecule has 0 heterocycles.